The summed E-state index contributed by atoms with van der Waals surface area (Å²) < 4.78 is 19.3. The van der Waals surface area contributed by atoms with Crippen molar-refractivity contribution in [2.24, 2.45) is 0 Å². The molecule has 0 bridgehead atoms. The fourth-order valence-electron chi connectivity index (χ4n) is 2.21. The van der Waals surface area contributed by atoms with E-state index in [0.717, 1.165) is 17.0 Å². The van der Waals surface area contributed by atoms with Crippen molar-refractivity contribution in [2.75, 3.05) is 14.2 Å². The highest BCUT2D eigenvalue weighted by Gasteiger charge is 2.19. The number of methoxy groups -OCH3 is 1. The summed E-state index contributed by atoms with van der Waals surface area (Å²) in [6, 6.07) is 6.52. The second-order valence-electron chi connectivity index (χ2n) is 4.64. The summed E-state index contributed by atoms with van der Waals surface area (Å²) in [5.41, 5.74) is 3.07. The van der Waals surface area contributed by atoms with E-state index < -0.39 is 0 Å². The first-order valence-corrected chi connectivity index (χ1v) is 6.38. The molecule has 1 atom stereocenters. The summed E-state index contributed by atoms with van der Waals surface area (Å²) in [6.45, 7) is 3.74. The van der Waals surface area contributed by atoms with E-state index in [9.17, 15) is 4.39 Å². The van der Waals surface area contributed by atoms with Gasteiger partial charge in [0.25, 0.3) is 0 Å². The van der Waals surface area contributed by atoms with Gasteiger partial charge in [0.05, 0.1) is 24.5 Å². The molecule has 1 aromatic carbocycles. The topological polar surface area (TPSA) is 47.0 Å². The summed E-state index contributed by atoms with van der Waals surface area (Å²) in [7, 11) is 3.31. The molecule has 2 aromatic rings. The first kappa shape index (κ1) is 14.4. The number of ether oxygens (including phenoxy) is 1. The highest BCUT2D eigenvalue weighted by Crippen LogP contribution is 2.28. The molecular formula is C15H18FN3O. The molecule has 0 radical (unpaired) electrons. The van der Waals surface area contributed by atoms with Crippen molar-refractivity contribution in [3.63, 3.8) is 0 Å². The van der Waals surface area contributed by atoms with Crippen molar-refractivity contribution in [3.8, 4) is 5.75 Å². The average Bonchev–Trinajstić information content (AvgIpc) is 2.44. The van der Waals surface area contributed by atoms with E-state index in [0.29, 0.717) is 11.3 Å². The molecule has 1 unspecified atom stereocenters. The summed E-state index contributed by atoms with van der Waals surface area (Å²) in [5, 5.41) is 11.2. The van der Waals surface area contributed by atoms with Crippen molar-refractivity contribution < 1.29 is 9.13 Å². The highest BCUT2D eigenvalue weighted by atomic mass is 19.1. The SMILES string of the molecule is CNC(c1ccc(OC)cc1F)c1cc(C)nnc1C. The van der Waals surface area contributed by atoms with E-state index in [-0.39, 0.29) is 11.9 Å². The molecule has 0 aliphatic rings. The standard InChI is InChI=1S/C15H18FN3O/c1-9-7-13(10(2)19-18-9)15(17-3)12-6-5-11(20-4)8-14(12)16/h5-8,15,17H,1-4H3. The van der Waals surface area contributed by atoms with E-state index in [1.807, 2.05) is 19.9 Å². The summed E-state index contributed by atoms with van der Waals surface area (Å²) >= 11 is 0. The van der Waals surface area contributed by atoms with Crippen LogP contribution in [0.4, 0.5) is 4.39 Å². The van der Waals surface area contributed by atoms with Crippen LogP contribution in [0.15, 0.2) is 24.3 Å². The molecule has 2 rings (SSSR count). The number of rotatable bonds is 4. The summed E-state index contributed by atoms with van der Waals surface area (Å²) in [5.74, 6) is 0.194. The van der Waals surface area contributed by atoms with Gasteiger partial charge in [0, 0.05) is 11.6 Å². The van der Waals surface area contributed by atoms with Gasteiger partial charge >= 0.3 is 0 Å². The Bertz CT molecular complexity index is 616. The molecule has 1 aromatic heterocycles. The largest absolute Gasteiger partial charge is 0.497 e. The number of hydrogen-bond acceptors (Lipinski definition) is 4. The van der Waals surface area contributed by atoms with Gasteiger partial charge in [-0.15, -0.1) is 0 Å². The van der Waals surface area contributed by atoms with Crippen LogP contribution in [0.5, 0.6) is 5.75 Å². The monoisotopic (exact) mass is 275 g/mol. The molecule has 1 N–H and O–H groups in total. The van der Waals surface area contributed by atoms with Crippen LogP contribution < -0.4 is 10.1 Å². The first-order valence-electron chi connectivity index (χ1n) is 6.38. The predicted octanol–water partition coefficient (Wildman–Crippen LogP) is 2.55. The minimum absolute atomic E-state index is 0.268. The molecule has 0 fully saturated rings. The number of aromatic nitrogens is 2. The number of hydrogen-bond donors (Lipinski definition) is 1. The van der Waals surface area contributed by atoms with Gasteiger partial charge in [-0.2, -0.15) is 10.2 Å². The Morgan fingerprint density at radius 1 is 1.15 bits per heavy atom. The van der Waals surface area contributed by atoms with Crippen molar-refractivity contribution >= 4 is 0 Å². The van der Waals surface area contributed by atoms with Gasteiger partial charge in [-0.3, -0.25) is 0 Å². The van der Waals surface area contributed by atoms with Crippen LogP contribution >= 0.6 is 0 Å². The van der Waals surface area contributed by atoms with Crippen molar-refractivity contribution in [3.05, 3.63) is 52.6 Å². The molecule has 20 heavy (non-hydrogen) atoms. The maximum Gasteiger partial charge on any atom is 0.132 e. The number of nitrogens with one attached hydrogen (secondary N) is 1. The first-order chi connectivity index (χ1) is 9.56. The smallest absolute Gasteiger partial charge is 0.132 e. The molecule has 0 saturated carbocycles. The van der Waals surface area contributed by atoms with Crippen LogP contribution in [0.25, 0.3) is 0 Å². The maximum absolute atomic E-state index is 14.2. The highest BCUT2D eigenvalue weighted by molar-refractivity contribution is 5.38. The quantitative estimate of drug-likeness (QED) is 0.931. The van der Waals surface area contributed by atoms with Crippen LogP contribution in [0.2, 0.25) is 0 Å². The molecule has 5 heteroatoms. The number of benzene rings is 1. The Kier molecular flexibility index (Phi) is 4.29. The lowest BCUT2D eigenvalue weighted by Crippen LogP contribution is -2.21. The Balaban J connectivity index is 2.49. The molecule has 106 valence electrons. The molecular weight excluding hydrogens is 257 g/mol. The third kappa shape index (κ3) is 2.77. The lowest BCUT2D eigenvalue weighted by molar-refractivity contribution is 0.410. The zero-order valence-corrected chi connectivity index (χ0v) is 12.1. The zero-order chi connectivity index (χ0) is 14.7. The van der Waals surface area contributed by atoms with Crippen LogP contribution in [0.1, 0.15) is 28.6 Å². The van der Waals surface area contributed by atoms with E-state index in [4.69, 9.17) is 4.74 Å². The van der Waals surface area contributed by atoms with Gasteiger partial charge < -0.3 is 10.1 Å². The van der Waals surface area contributed by atoms with Crippen LogP contribution in [-0.2, 0) is 0 Å². The van der Waals surface area contributed by atoms with E-state index >= 15 is 0 Å². The number of halogens is 1. The Morgan fingerprint density at radius 3 is 2.50 bits per heavy atom. The molecule has 4 nitrogen and oxygen atoms in total. The third-order valence-electron chi connectivity index (χ3n) is 3.26. The average molecular weight is 275 g/mol. The van der Waals surface area contributed by atoms with Gasteiger partial charge in [0.15, 0.2) is 0 Å². The number of aryl methyl sites for hydroxylation is 2. The fraction of sp³-hybridized carbons (Fsp3) is 0.333. The van der Waals surface area contributed by atoms with E-state index in [1.165, 1.54) is 13.2 Å². The Hall–Kier alpha value is -2.01. The lowest BCUT2D eigenvalue weighted by atomic mass is 9.97. The molecule has 0 amide bonds. The lowest BCUT2D eigenvalue weighted by Gasteiger charge is -2.20. The van der Waals surface area contributed by atoms with Gasteiger partial charge in [0.1, 0.15) is 11.6 Å². The number of nitrogens with zero attached hydrogens (tertiary/aromatic N) is 2. The second kappa shape index (κ2) is 5.96. The van der Waals surface area contributed by atoms with Gasteiger partial charge in [-0.1, -0.05) is 6.07 Å². The normalized spacial score (nSPS) is 12.2. The van der Waals surface area contributed by atoms with Crippen LogP contribution in [0.3, 0.4) is 0 Å². The van der Waals surface area contributed by atoms with Gasteiger partial charge in [-0.25, -0.2) is 4.39 Å². The Morgan fingerprint density at radius 2 is 1.90 bits per heavy atom. The maximum atomic E-state index is 14.2. The third-order valence-corrected chi connectivity index (χ3v) is 3.26. The van der Waals surface area contributed by atoms with Crippen molar-refractivity contribution in [1.29, 1.82) is 0 Å². The van der Waals surface area contributed by atoms with Crippen molar-refractivity contribution in [2.45, 2.75) is 19.9 Å². The molecule has 0 saturated heterocycles. The summed E-state index contributed by atoms with van der Waals surface area (Å²) in [6.07, 6.45) is 0. The minimum atomic E-state index is -0.308. The zero-order valence-electron chi connectivity index (χ0n) is 12.1. The van der Waals surface area contributed by atoms with Gasteiger partial charge in [0.2, 0.25) is 0 Å². The van der Waals surface area contributed by atoms with Crippen molar-refractivity contribution in [1.82, 2.24) is 15.5 Å². The second-order valence-corrected chi connectivity index (χ2v) is 4.64. The molecule has 0 spiro atoms. The predicted molar refractivity (Wildman–Crippen MR) is 75.4 cm³/mol. The van der Waals surface area contributed by atoms with E-state index in [1.54, 1.807) is 19.2 Å². The molecule has 0 aliphatic heterocycles. The van der Waals surface area contributed by atoms with E-state index in [2.05, 4.69) is 15.5 Å². The Labute approximate surface area is 118 Å². The van der Waals surface area contributed by atoms with Gasteiger partial charge in [-0.05, 0) is 38.6 Å². The van der Waals surface area contributed by atoms with Crippen LogP contribution in [-0.4, -0.2) is 24.4 Å². The summed E-state index contributed by atoms with van der Waals surface area (Å²) in [4.78, 5) is 0. The minimum Gasteiger partial charge on any atom is -0.497 e. The van der Waals surface area contributed by atoms with Crippen LogP contribution in [0, 0.1) is 19.7 Å². The fourth-order valence-corrected chi connectivity index (χ4v) is 2.21. The molecule has 1 heterocycles. The molecule has 0 aliphatic carbocycles.